The van der Waals surface area contributed by atoms with Crippen LogP contribution in [0.4, 0.5) is 0 Å². The molecule has 6 nitrogen and oxygen atoms in total. The van der Waals surface area contributed by atoms with Crippen molar-refractivity contribution in [1.82, 2.24) is 19.6 Å². The molecule has 0 aromatic heterocycles. The molecule has 2 heterocycles. The van der Waals surface area contributed by atoms with Crippen LogP contribution in [0.2, 0.25) is 0 Å². The molecule has 0 saturated carbocycles. The smallest absolute Gasteiger partial charge is 0.244 e. The van der Waals surface area contributed by atoms with E-state index in [0.29, 0.717) is 25.7 Å². The molecule has 2 unspecified atom stereocenters. The van der Waals surface area contributed by atoms with E-state index >= 15 is 0 Å². The van der Waals surface area contributed by atoms with Crippen LogP contribution in [-0.2, 0) is 9.59 Å². The molecular weight excluding hydrogens is 376 g/mol. The highest BCUT2D eigenvalue weighted by Gasteiger charge is 2.32. The zero-order valence-electron chi connectivity index (χ0n) is 18.9. The molecule has 166 valence electrons. The second-order valence-electron chi connectivity index (χ2n) is 8.57. The van der Waals surface area contributed by atoms with Gasteiger partial charge in [0.15, 0.2) is 0 Å². The van der Waals surface area contributed by atoms with Crippen LogP contribution in [0.15, 0.2) is 30.3 Å². The maximum Gasteiger partial charge on any atom is 0.244 e. The highest BCUT2D eigenvalue weighted by atomic mass is 16.2. The summed E-state index contributed by atoms with van der Waals surface area (Å²) in [5.41, 5.74) is 1.06. The third kappa shape index (κ3) is 5.41. The number of likely N-dealkylation sites (tertiary alicyclic amines) is 1. The van der Waals surface area contributed by atoms with Crippen molar-refractivity contribution in [3.05, 3.63) is 35.9 Å². The van der Waals surface area contributed by atoms with Crippen LogP contribution < -0.4 is 0 Å². The predicted octanol–water partition coefficient (Wildman–Crippen LogP) is 2.61. The van der Waals surface area contributed by atoms with E-state index in [9.17, 15) is 9.59 Å². The van der Waals surface area contributed by atoms with Crippen LogP contribution in [0.5, 0.6) is 0 Å². The van der Waals surface area contributed by atoms with Crippen molar-refractivity contribution in [3.63, 3.8) is 0 Å². The number of hydrogen-bond acceptors (Lipinski definition) is 4. The van der Waals surface area contributed by atoms with E-state index in [1.54, 1.807) is 0 Å². The lowest BCUT2D eigenvalue weighted by atomic mass is 10.0. The number of rotatable bonds is 7. The van der Waals surface area contributed by atoms with E-state index in [-0.39, 0.29) is 17.9 Å². The van der Waals surface area contributed by atoms with E-state index in [0.717, 1.165) is 51.1 Å². The van der Waals surface area contributed by atoms with Gasteiger partial charge in [0.1, 0.15) is 6.04 Å². The second-order valence-corrected chi connectivity index (χ2v) is 8.57. The van der Waals surface area contributed by atoms with Crippen LogP contribution in [0.3, 0.4) is 0 Å². The van der Waals surface area contributed by atoms with Crippen LogP contribution >= 0.6 is 0 Å². The van der Waals surface area contributed by atoms with Crippen LogP contribution in [-0.4, -0.2) is 89.8 Å². The predicted molar refractivity (Wildman–Crippen MR) is 120 cm³/mol. The van der Waals surface area contributed by atoms with Gasteiger partial charge in [0.2, 0.25) is 11.8 Å². The topological polar surface area (TPSA) is 47.1 Å². The Morgan fingerprint density at radius 1 is 1.00 bits per heavy atom. The van der Waals surface area contributed by atoms with Gasteiger partial charge in [-0.1, -0.05) is 44.2 Å². The average Bonchev–Trinajstić information content (AvgIpc) is 2.78. The Bertz CT molecular complexity index is 684. The molecule has 1 aromatic carbocycles. The van der Waals surface area contributed by atoms with Crippen molar-refractivity contribution < 1.29 is 9.59 Å². The van der Waals surface area contributed by atoms with Gasteiger partial charge in [-0.3, -0.25) is 19.4 Å². The van der Waals surface area contributed by atoms with Gasteiger partial charge in [-0.05, 0) is 44.8 Å². The average molecular weight is 415 g/mol. The Hall–Kier alpha value is -1.92. The SMILES string of the molecule is CCN(CC)C(C(=O)N1CCN(CC(=O)N2CCCCC2C)CC1)c1ccccc1. The Morgan fingerprint density at radius 3 is 2.27 bits per heavy atom. The zero-order valence-corrected chi connectivity index (χ0v) is 18.9. The summed E-state index contributed by atoms with van der Waals surface area (Å²) < 4.78 is 0. The third-order valence-electron chi connectivity index (χ3n) is 6.69. The van der Waals surface area contributed by atoms with Crippen molar-refractivity contribution in [2.45, 2.75) is 52.1 Å². The van der Waals surface area contributed by atoms with Gasteiger partial charge < -0.3 is 9.80 Å². The normalized spacial score (nSPS) is 21.7. The standard InChI is InChI=1S/C24H38N4O2/c1-4-26(5-2)23(21-12-7-6-8-13-21)24(30)27-17-15-25(16-18-27)19-22(29)28-14-10-9-11-20(28)3/h6-8,12-13,20,23H,4-5,9-11,14-19H2,1-3H3. The first-order chi connectivity index (χ1) is 14.5. The highest BCUT2D eigenvalue weighted by molar-refractivity contribution is 5.83. The zero-order chi connectivity index (χ0) is 21.5. The van der Waals surface area contributed by atoms with E-state index < -0.39 is 0 Å². The molecule has 30 heavy (non-hydrogen) atoms. The largest absolute Gasteiger partial charge is 0.339 e. The summed E-state index contributed by atoms with van der Waals surface area (Å²) in [6, 6.07) is 10.2. The fraction of sp³-hybridized carbons (Fsp3) is 0.667. The summed E-state index contributed by atoms with van der Waals surface area (Å²) >= 11 is 0. The molecule has 0 bridgehead atoms. The van der Waals surface area contributed by atoms with Gasteiger partial charge in [0.25, 0.3) is 0 Å². The molecule has 2 aliphatic rings. The first kappa shape index (κ1) is 22.8. The number of piperazine rings is 1. The van der Waals surface area contributed by atoms with E-state index in [1.807, 2.05) is 28.0 Å². The monoisotopic (exact) mass is 414 g/mol. The number of amides is 2. The lowest BCUT2D eigenvalue weighted by Gasteiger charge is -2.40. The fourth-order valence-electron chi connectivity index (χ4n) is 4.78. The molecule has 0 aliphatic carbocycles. The maximum absolute atomic E-state index is 13.5. The number of piperidine rings is 1. The number of nitrogens with zero attached hydrogens (tertiary/aromatic N) is 4. The lowest BCUT2D eigenvalue weighted by Crippen LogP contribution is -2.54. The molecule has 2 aliphatic heterocycles. The molecule has 0 radical (unpaired) electrons. The summed E-state index contributed by atoms with van der Waals surface area (Å²) in [5, 5.41) is 0. The van der Waals surface area contributed by atoms with Crippen LogP contribution in [0, 0.1) is 0 Å². The maximum atomic E-state index is 13.5. The Kier molecular flexibility index (Phi) is 8.28. The van der Waals surface area contributed by atoms with Crippen LogP contribution in [0.25, 0.3) is 0 Å². The minimum absolute atomic E-state index is 0.181. The molecule has 2 amide bonds. The summed E-state index contributed by atoms with van der Waals surface area (Å²) in [6.45, 7) is 12.3. The number of carbonyl (C=O) groups excluding carboxylic acids is 2. The molecule has 3 rings (SSSR count). The molecule has 2 fully saturated rings. The van der Waals surface area contributed by atoms with Gasteiger partial charge in [0.05, 0.1) is 6.54 Å². The molecule has 6 heteroatoms. The lowest BCUT2D eigenvalue weighted by molar-refractivity contribution is -0.140. The van der Waals surface area contributed by atoms with E-state index in [2.05, 4.69) is 42.7 Å². The summed E-state index contributed by atoms with van der Waals surface area (Å²) in [4.78, 5) is 34.7. The number of benzene rings is 1. The highest BCUT2D eigenvalue weighted by Crippen LogP contribution is 2.24. The fourth-order valence-corrected chi connectivity index (χ4v) is 4.78. The summed E-state index contributed by atoms with van der Waals surface area (Å²) in [5.74, 6) is 0.424. The molecule has 2 atom stereocenters. The molecule has 1 aromatic rings. The molecule has 0 N–H and O–H groups in total. The summed E-state index contributed by atoms with van der Waals surface area (Å²) in [6.07, 6.45) is 3.45. The van der Waals surface area contributed by atoms with Gasteiger partial charge in [-0.2, -0.15) is 0 Å². The van der Waals surface area contributed by atoms with E-state index in [4.69, 9.17) is 0 Å². The molecular formula is C24H38N4O2. The van der Waals surface area contributed by atoms with Gasteiger partial charge >= 0.3 is 0 Å². The number of hydrogen-bond donors (Lipinski definition) is 0. The minimum atomic E-state index is -0.233. The van der Waals surface area contributed by atoms with Crippen LogP contribution in [0.1, 0.15) is 51.6 Å². The van der Waals surface area contributed by atoms with Gasteiger partial charge in [-0.25, -0.2) is 0 Å². The van der Waals surface area contributed by atoms with E-state index in [1.165, 1.54) is 6.42 Å². The molecule has 0 spiro atoms. The number of likely N-dealkylation sites (N-methyl/N-ethyl adjacent to an activating group) is 1. The van der Waals surface area contributed by atoms with Crippen molar-refractivity contribution in [2.24, 2.45) is 0 Å². The number of carbonyl (C=O) groups is 2. The third-order valence-corrected chi connectivity index (χ3v) is 6.69. The Morgan fingerprint density at radius 2 is 1.67 bits per heavy atom. The quantitative estimate of drug-likeness (QED) is 0.688. The van der Waals surface area contributed by atoms with Crippen molar-refractivity contribution in [1.29, 1.82) is 0 Å². The molecule has 2 saturated heterocycles. The van der Waals surface area contributed by atoms with Crippen molar-refractivity contribution in [3.8, 4) is 0 Å². The first-order valence-electron chi connectivity index (χ1n) is 11.6. The van der Waals surface area contributed by atoms with Gasteiger partial charge in [-0.15, -0.1) is 0 Å². The van der Waals surface area contributed by atoms with Gasteiger partial charge in [0, 0.05) is 38.8 Å². The minimum Gasteiger partial charge on any atom is -0.339 e. The first-order valence-corrected chi connectivity index (χ1v) is 11.6. The Balaban J connectivity index is 1.58. The van der Waals surface area contributed by atoms with Crippen molar-refractivity contribution >= 4 is 11.8 Å². The Labute approximate surface area is 181 Å². The second kappa shape index (κ2) is 10.9. The van der Waals surface area contributed by atoms with Crippen molar-refractivity contribution in [2.75, 3.05) is 52.4 Å². The summed E-state index contributed by atoms with van der Waals surface area (Å²) in [7, 11) is 0.